The van der Waals surface area contributed by atoms with Crippen molar-refractivity contribution in [3.05, 3.63) is 17.5 Å². The van der Waals surface area contributed by atoms with E-state index >= 15 is 0 Å². The Labute approximate surface area is 82.3 Å². The van der Waals surface area contributed by atoms with Crippen LogP contribution in [0.5, 0.6) is 0 Å². The number of ether oxygens (including phenoxy) is 1. The first-order valence-electron chi connectivity index (χ1n) is 4.38. The Hall–Kier alpha value is -1.36. The molecule has 0 atom stereocenters. The van der Waals surface area contributed by atoms with Crippen LogP contribution < -0.4 is 0 Å². The molecule has 0 bridgehead atoms. The van der Waals surface area contributed by atoms with E-state index in [0.29, 0.717) is 12.3 Å². The molecule has 0 aliphatic carbocycles. The van der Waals surface area contributed by atoms with Crippen LogP contribution in [0.25, 0.3) is 0 Å². The summed E-state index contributed by atoms with van der Waals surface area (Å²) in [6.07, 6.45) is 0.116. The molecule has 1 N–H and O–H groups in total. The summed E-state index contributed by atoms with van der Waals surface area (Å²) in [4.78, 5) is 10.7. The molecule has 1 rings (SSSR count). The molecule has 0 radical (unpaired) electrons. The Morgan fingerprint density at radius 2 is 2.36 bits per heavy atom. The molecule has 1 aromatic heterocycles. The van der Waals surface area contributed by atoms with Crippen LogP contribution in [0.3, 0.4) is 0 Å². The molecule has 1 heterocycles. The van der Waals surface area contributed by atoms with E-state index in [-0.39, 0.29) is 11.8 Å². The van der Waals surface area contributed by atoms with Gasteiger partial charge in [-0.1, -0.05) is 0 Å². The highest BCUT2D eigenvalue weighted by molar-refractivity contribution is 5.85. The molecule has 0 saturated carbocycles. The minimum atomic E-state index is -0.976. The summed E-state index contributed by atoms with van der Waals surface area (Å²) in [6.45, 7) is 4.18. The van der Waals surface area contributed by atoms with E-state index in [1.165, 1.54) is 10.7 Å². The third-order valence-corrected chi connectivity index (χ3v) is 1.71. The number of rotatable bonds is 4. The molecule has 0 unspecified atom stereocenters. The monoisotopic (exact) mass is 198 g/mol. The van der Waals surface area contributed by atoms with E-state index in [1.807, 2.05) is 13.8 Å². The zero-order valence-corrected chi connectivity index (χ0v) is 8.52. The Morgan fingerprint density at radius 3 is 2.79 bits per heavy atom. The van der Waals surface area contributed by atoms with Crippen molar-refractivity contribution < 1.29 is 14.6 Å². The van der Waals surface area contributed by atoms with E-state index in [9.17, 15) is 4.79 Å². The third kappa shape index (κ3) is 2.56. The fourth-order valence-electron chi connectivity index (χ4n) is 1.05. The van der Waals surface area contributed by atoms with Gasteiger partial charge in [0, 0.05) is 7.05 Å². The molecule has 5 heteroatoms. The van der Waals surface area contributed by atoms with Crippen LogP contribution in [0.1, 0.15) is 30.0 Å². The van der Waals surface area contributed by atoms with Gasteiger partial charge in [-0.05, 0) is 19.9 Å². The van der Waals surface area contributed by atoms with Crippen LogP contribution in [0.15, 0.2) is 6.07 Å². The smallest absolute Gasteiger partial charge is 0.354 e. The first-order chi connectivity index (χ1) is 6.50. The molecule has 0 saturated heterocycles. The van der Waals surface area contributed by atoms with Gasteiger partial charge in [0.2, 0.25) is 0 Å². The highest BCUT2D eigenvalue weighted by Gasteiger charge is 2.11. The molecule has 0 fully saturated rings. The van der Waals surface area contributed by atoms with Gasteiger partial charge in [-0.15, -0.1) is 0 Å². The van der Waals surface area contributed by atoms with Crippen molar-refractivity contribution in [1.29, 1.82) is 0 Å². The topological polar surface area (TPSA) is 64.3 Å². The van der Waals surface area contributed by atoms with E-state index in [4.69, 9.17) is 9.84 Å². The number of aromatic carboxylic acids is 1. The van der Waals surface area contributed by atoms with Crippen LogP contribution in [0.2, 0.25) is 0 Å². The molecular weight excluding hydrogens is 184 g/mol. The van der Waals surface area contributed by atoms with Gasteiger partial charge in [0.15, 0.2) is 0 Å². The van der Waals surface area contributed by atoms with Gasteiger partial charge in [-0.25, -0.2) is 4.79 Å². The third-order valence-electron chi connectivity index (χ3n) is 1.71. The van der Waals surface area contributed by atoms with Crippen LogP contribution in [-0.2, 0) is 18.4 Å². The van der Waals surface area contributed by atoms with Crippen molar-refractivity contribution in [2.75, 3.05) is 0 Å². The second-order valence-electron chi connectivity index (χ2n) is 3.31. The van der Waals surface area contributed by atoms with Crippen molar-refractivity contribution in [1.82, 2.24) is 9.78 Å². The Bertz CT molecular complexity index is 331. The van der Waals surface area contributed by atoms with Gasteiger partial charge in [-0.2, -0.15) is 5.10 Å². The second kappa shape index (κ2) is 4.23. The normalized spacial score (nSPS) is 10.9. The molecule has 14 heavy (non-hydrogen) atoms. The lowest BCUT2D eigenvalue weighted by molar-refractivity contribution is 0.0633. The SMILES string of the molecule is CC(C)OCc1cc(C(=O)O)n(C)n1. The highest BCUT2D eigenvalue weighted by atomic mass is 16.5. The number of hydrogen-bond donors (Lipinski definition) is 1. The summed E-state index contributed by atoms with van der Waals surface area (Å²) < 4.78 is 6.64. The largest absolute Gasteiger partial charge is 0.477 e. The zero-order chi connectivity index (χ0) is 10.7. The highest BCUT2D eigenvalue weighted by Crippen LogP contribution is 2.05. The number of aromatic nitrogens is 2. The zero-order valence-electron chi connectivity index (χ0n) is 8.52. The average molecular weight is 198 g/mol. The molecular formula is C9H14N2O3. The Morgan fingerprint density at radius 1 is 1.71 bits per heavy atom. The predicted octanol–water partition coefficient (Wildman–Crippen LogP) is 1.04. The van der Waals surface area contributed by atoms with Gasteiger partial charge in [0.05, 0.1) is 18.4 Å². The minimum Gasteiger partial charge on any atom is -0.477 e. The molecule has 0 spiro atoms. The van der Waals surface area contributed by atoms with E-state index in [0.717, 1.165) is 0 Å². The Kier molecular flexibility index (Phi) is 3.24. The lowest BCUT2D eigenvalue weighted by atomic mass is 10.3. The van der Waals surface area contributed by atoms with Crippen molar-refractivity contribution in [3.63, 3.8) is 0 Å². The fourth-order valence-corrected chi connectivity index (χ4v) is 1.05. The number of carbonyl (C=O) groups is 1. The lowest BCUT2D eigenvalue weighted by Crippen LogP contribution is -2.05. The summed E-state index contributed by atoms with van der Waals surface area (Å²) in [5, 5.41) is 12.8. The molecule has 0 aromatic carbocycles. The minimum absolute atomic E-state index is 0.116. The van der Waals surface area contributed by atoms with E-state index in [2.05, 4.69) is 5.10 Å². The van der Waals surface area contributed by atoms with Crippen molar-refractivity contribution in [2.45, 2.75) is 26.6 Å². The number of carboxylic acids is 1. The quantitative estimate of drug-likeness (QED) is 0.785. The summed E-state index contributed by atoms with van der Waals surface area (Å²) in [5.74, 6) is -0.976. The molecule has 1 aromatic rings. The summed E-state index contributed by atoms with van der Waals surface area (Å²) in [5.41, 5.74) is 0.811. The molecule has 78 valence electrons. The number of hydrogen-bond acceptors (Lipinski definition) is 3. The summed E-state index contributed by atoms with van der Waals surface area (Å²) in [6, 6.07) is 1.52. The molecule has 0 aliphatic heterocycles. The lowest BCUT2D eigenvalue weighted by Gasteiger charge is -2.03. The van der Waals surface area contributed by atoms with Crippen LogP contribution in [0.4, 0.5) is 0 Å². The van der Waals surface area contributed by atoms with Crippen LogP contribution in [0, 0.1) is 0 Å². The van der Waals surface area contributed by atoms with Gasteiger partial charge in [-0.3, -0.25) is 4.68 Å². The number of carboxylic acid groups (broad SMARTS) is 1. The van der Waals surface area contributed by atoms with Crippen molar-refractivity contribution in [3.8, 4) is 0 Å². The summed E-state index contributed by atoms with van der Waals surface area (Å²) in [7, 11) is 1.60. The van der Waals surface area contributed by atoms with Gasteiger partial charge < -0.3 is 9.84 Å². The van der Waals surface area contributed by atoms with Gasteiger partial charge in [0.25, 0.3) is 0 Å². The first kappa shape index (κ1) is 10.7. The van der Waals surface area contributed by atoms with Crippen LogP contribution >= 0.6 is 0 Å². The van der Waals surface area contributed by atoms with Crippen molar-refractivity contribution in [2.24, 2.45) is 7.05 Å². The predicted molar refractivity (Wildman–Crippen MR) is 50.1 cm³/mol. The van der Waals surface area contributed by atoms with Gasteiger partial charge >= 0.3 is 5.97 Å². The van der Waals surface area contributed by atoms with Crippen molar-refractivity contribution >= 4 is 5.97 Å². The standard InChI is InChI=1S/C9H14N2O3/c1-6(2)14-5-7-4-8(9(12)13)11(3)10-7/h4,6H,5H2,1-3H3,(H,12,13). The second-order valence-corrected chi connectivity index (χ2v) is 3.31. The van der Waals surface area contributed by atoms with E-state index in [1.54, 1.807) is 7.05 Å². The van der Waals surface area contributed by atoms with Gasteiger partial charge in [0.1, 0.15) is 5.69 Å². The van der Waals surface area contributed by atoms with E-state index < -0.39 is 5.97 Å². The number of aryl methyl sites for hydroxylation is 1. The van der Waals surface area contributed by atoms with Crippen LogP contribution in [-0.4, -0.2) is 27.0 Å². The molecule has 0 aliphatic rings. The summed E-state index contributed by atoms with van der Waals surface area (Å²) >= 11 is 0. The maximum atomic E-state index is 10.7. The average Bonchev–Trinajstić information content (AvgIpc) is 2.43. The molecule has 5 nitrogen and oxygen atoms in total. The Balaban J connectivity index is 2.71. The number of nitrogens with zero attached hydrogens (tertiary/aromatic N) is 2. The first-order valence-corrected chi connectivity index (χ1v) is 4.38. The molecule has 0 amide bonds. The maximum Gasteiger partial charge on any atom is 0.354 e. The fraction of sp³-hybridized carbons (Fsp3) is 0.556. The maximum absolute atomic E-state index is 10.7.